The van der Waals surface area contributed by atoms with Crippen LogP contribution in [0, 0.1) is 0 Å². The summed E-state index contributed by atoms with van der Waals surface area (Å²) < 4.78 is 15.7. The maximum Gasteiger partial charge on any atom is 0.341 e. The molecule has 0 fully saturated rings. The standard InChI is InChI=1S/C16H14N6O5/c1-2-25-14(23)9-3-8-4-11-12(27-7-26-11)5-10(8)19-13(9)20-16(24)21-15-17-6-18-22-15/h3-6H,2,7H2,1H3,(H3,17,18,19,20,21,22,24). The number of nitrogens with one attached hydrogen (secondary N) is 3. The average molecular weight is 370 g/mol. The van der Waals surface area contributed by atoms with Crippen LogP contribution in [0.25, 0.3) is 10.9 Å². The molecule has 3 N–H and O–H groups in total. The number of carbonyl (C=O) groups excluding carboxylic acids is 2. The molecule has 138 valence electrons. The lowest BCUT2D eigenvalue weighted by atomic mass is 10.1. The number of aromatic nitrogens is 4. The summed E-state index contributed by atoms with van der Waals surface area (Å²) in [4.78, 5) is 32.7. The van der Waals surface area contributed by atoms with Gasteiger partial charge in [-0.15, -0.1) is 0 Å². The number of rotatable bonds is 4. The fourth-order valence-corrected chi connectivity index (χ4v) is 2.54. The second-order valence-electron chi connectivity index (χ2n) is 5.42. The Balaban J connectivity index is 1.71. The van der Waals surface area contributed by atoms with Gasteiger partial charge in [0.2, 0.25) is 12.7 Å². The molecule has 1 aliphatic rings. The van der Waals surface area contributed by atoms with E-state index in [0.29, 0.717) is 22.4 Å². The average Bonchev–Trinajstić information content (AvgIpc) is 3.30. The second-order valence-corrected chi connectivity index (χ2v) is 5.42. The Labute approximate surface area is 152 Å². The molecule has 0 spiro atoms. The first kappa shape index (κ1) is 16.6. The molecule has 3 heterocycles. The van der Waals surface area contributed by atoms with E-state index in [-0.39, 0.29) is 30.7 Å². The molecule has 0 radical (unpaired) electrons. The molecule has 27 heavy (non-hydrogen) atoms. The number of anilines is 2. The van der Waals surface area contributed by atoms with Gasteiger partial charge in [0, 0.05) is 11.5 Å². The van der Waals surface area contributed by atoms with Gasteiger partial charge in [-0.05, 0) is 19.1 Å². The van der Waals surface area contributed by atoms with Crippen LogP contribution in [0.3, 0.4) is 0 Å². The third-order valence-electron chi connectivity index (χ3n) is 3.68. The highest BCUT2D eigenvalue weighted by molar-refractivity contribution is 6.05. The zero-order valence-electron chi connectivity index (χ0n) is 14.1. The summed E-state index contributed by atoms with van der Waals surface area (Å²) in [7, 11) is 0. The Morgan fingerprint density at radius 2 is 2.04 bits per heavy atom. The van der Waals surface area contributed by atoms with E-state index in [4.69, 9.17) is 14.2 Å². The smallest absolute Gasteiger partial charge is 0.341 e. The highest BCUT2D eigenvalue weighted by Gasteiger charge is 2.21. The molecule has 0 bridgehead atoms. The fraction of sp³-hybridized carbons (Fsp3) is 0.188. The van der Waals surface area contributed by atoms with Crippen molar-refractivity contribution in [2.24, 2.45) is 0 Å². The molecule has 11 heteroatoms. The molecule has 2 amide bonds. The second kappa shape index (κ2) is 6.78. The van der Waals surface area contributed by atoms with Gasteiger partial charge in [0.05, 0.1) is 12.1 Å². The van der Waals surface area contributed by atoms with Crippen LogP contribution in [0.4, 0.5) is 16.6 Å². The van der Waals surface area contributed by atoms with Gasteiger partial charge >= 0.3 is 12.0 Å². The number of aromatic amines is 1. The summed E-state index contributed by atoms with van der Waals surface area (Å²) in [5, 5.41) is 11.7. The molecular formula is C16H14N6O5. The van der Waals surface area contributed by atoms with Crippen LogP contribution >= 0.6 is 0 Å². The summed E-state index contributed by atoms with van der Waals surface area (Å²) in [6.45, 7) is 1.98. The van der Waals surface area contributed by atoms with E-state index in [1.54, 1.807) is 25.1 Å². The fourth-order valence-electron chi connectivity index (χ4n) is 2.54. The number of ether oxygens (including phenoxy) is 3. The number of nitrogens with zero attached hydrogens (tertiary/aromatic N) is 3. The number of H-pyrrole nitrogens is 1. The highest BCUT2D eigenvalue weighted by Crippen LogP contribution is 2.36. The molecule has 0 saturated carbocycles. The molecule has 1 aliphatic heterocycles. The molecular weight excluding hydrogens is 356 g/mol. The Morgan fingerprint density at radius 1 is 1.22 bits per heavy atom. The summed E-state index contributed by atoms with van der Waals surface area (Å²) in [6, 6.07) is 4.31. The summed E-state index contributed by atoms with van der Waals surface area (Å²) in [5.74, 6) is 0.671. The predicted molar refractivity (Wildman–Crippen MR) is 92.8 cm³/mol. The van der Waals surface area contributed by atoms with Gasteiger partial charge in [-0.25, -0.2) is 19.7 Å². The van der Waals surface area contributed by atoms with E-state index in [9.17, 15) is 9.59 Å². The number of benzene rings is 1. The van der Waals surface area contributed by atoms with Gasteiger partial charge in [-0.2, -0.15) is 10.1 Å². The van der Waals surface area contributed by atoms with Crippen LogP contribution < -0.4 is 20.1 Å². The van der Waals surface area contributed by atoms with Crippen molar-refractivity contribution in [1.82, 2.24) is 20.2 Å². The largest absolute Gasteiger partial charge is 0.462 e. The Morgan fingerprint density at radius 3 is 2.78 bits per heavy atom. The van der Waals surface area contributed by atoms with E-state index >= 15 is 0 Å². The lowest BCUT2D eigenvalue weighted by molar-refractivity contribution is 0.0527. The normalized spacial score (nSPS) is 12.0. The maximum atomic E-state index is 12.3. The van der Waals surface area contributed by atoms with Gasteiger partial charge in [0.15, 0.2) is 11.5 Å². The lowest BCUT2D eigenvalue weighted by Gasteiger charge is -2.11. The number of pyridine rings is 1. The molecule has 0 atom stereocenters. The lowest BCUT2D eigenvalue weighted by Crippen LogP contribution is -2.23. The topological polar surface area (TPSA) is 140 Å². The SMILES string of the molecule is CCOC(=O)c1cc2cc3c(cc2nc1NC(=O)Nc1ncn[nH]1)OCO3. The Bertz CT molecular complexity index is 1020. The molecule has 0 saturated heterocycles. The van der Waals surface area contributed by atoms with Crippen LogP contribution in [-0.4, -0.2) is 45.6 Å². The van der Waals surface area contributed by atoms with Gasteiger partial charge in [-0.3, -0.25) is 10.6 Å². The minimum Gasteiger partial charge on any atom is -0.462 e. The molecule has 2 aromatic heterocycles. The number of fused-ring (bicyclic) bond motifs is 2. The summed E-state index contributed by atoms with van der Waals surface area (Å²) >= 11 is 0. The number of amides is 2. The van der Waals surface area contributed by atoms with Crippen molar-refractivity contribution >= 4 is 34.7 Å². The number of urea groups is 1. The van der Waals surface area contributed by atoms with Crippen LogP contribution in [0.5, 0.6) is 11.5 Å². The van der Waals surface area contributed by atoms with Gasteiger partial charge in [0.1, 0.15) is 17.7 Å². The van der Waals surface area contributed by atoms with Gasteiger partial charge in [-0.1, -0.05) is 0 Å². The quantitative estimate of drug-likeness (QED) is 0.592. The number of carbonyl (C=O) groups is 2. The van der Waals surface area contributed by atoms with E-state index in [1.165, 1.54) is 6.33 Å². The van der Waals surface area contributed by atoms with Gasteiger partial charge < -0.3 is 14.2 Å². The first-order chi connectivity index (χ1) is 13.1. The Hall–Kier alpha value is -3.89. The molecule has 0 aliphatic carbocycles. The van der Waals surface area contributed by atoms with Crippen molar-refractivity contribution in [3.63, 3.8) is 0 Å². The van der Waals surface area contributed by atoms with E-state index < -0.39 is 12.0 Å². The molecule has 4 rings (SSSR count). The Kier molecular flexibility index (Phi) is 4.16. The van der Waals surface area contributed by atoms with Gasteiger partial charge in [0.25, 0.3) is 0 Å². The van der Waals surface area contributed by atoms with Crippen molar-refractivity contribution in [1.29, 1.82) is 0 Å². The number of esters is 1. The summed E-state index contributed by atoms with van der Waals surface area (Å²) in [5.41, 5.74) is 0.623. The van der Waals surface area contributed by atoms with Crippen molar-refractivity contribution in [3.8, 4) is 11.5 Å². The maximum absolute atomic E-state index is 12.3. The van der Waals surface area contributed by atoms with Crippen molar-refractivity contribution in [2.45, 2.75) is 6.92 Å². The van der Waals surface area contributed by atoms with Crippen molar-refractivity contribution in [2.75, 3.05) is 24.0 Å². The van der Waals surface area contributed by atoms with Crippen molar-refractivity contribution in [3.05, 3.63) is 30.1 Å². The third kappa shape index (κ3) is 3.29. The zero-order valence-corrected chi connectivity index (χ0v) is 14.1. The minimum absolute atomic E-state index is 0.0387. The number of hydrogen-bond donors (Lipinski definition) is 3. The van der Waals surface area contributed by atoms with Crippen LogP contribution in [0.2, 0.25) is 0 Å². The molecule has 3 aromatic rings. The van der Waals surface area contributed by atoms with E-state index in [2.05, 4.69) is 30.8 Å². The first-order valence-electron chi connectivity index (χ1n) is 7.99. The molecule has 1 aromatic carbocycles. The third-order valence-corrected chi connectivity index (χ3v) is 3.68. The van der Waals surface area contributed by atoms with Crippen molar-refractivity contribution < 1.29 is 23.8 Å². The predicted octanol–water partition coefficient (Wildman–Crippen LogP) is 1.90. The van der Waals surface area contributed by atoms with Crippen LogP contribution in [0.15, 0.2) is 24.5 Å². The summed E-state index contributed by atoms with van der Waals surface area (Å²) in [6.07, 6.45) is 1.25. The highest BCUT2D eigenvalue weighted by atomic mass is 16.7. The monoisotopic (exact) mass is 370 g/mol. The zero-order chi connectivity index (χ0) is 18.8. The molecule has 0 unspecified atom stereocenters. The van der Waals surface area contributed by atoms with E-state index in [0.717, 1.165) is 0 Å². The van der Waals surface area contributed by atoms with Crippen LogP contribution in [0.1, 0.15) is 17.3 Å². The molecule has 11 nitrogen and oxygen atoms in total. The minimum atomic E-state index is -0.648. The van der Waals surface area contributed by atoms with Crippen LogP contribution in [-0.2, 0) is 4.74 Å². The first-order valence-corrected chi connectivity index (χ1v) is 7.99. The number of hydrogen-bond acceptors (Lipinski definition) is 8. The van der Waals surface area contributed by atoms with E-state index in [1.807, 2.05) is 0 Å².